The molecular weight excluding hydrogens is 302 g/mol. The van der Waals surface area contributed by atoms with Gasteiger partial charge in [-0.05, 0) is 67.8 Å². The topological polar surface area (TPSA) is 47.6 Å². The van der Waals surface area contributed by atoms with Crippen molar-refractivity contribution >= 4 is 5.91 Å². The normalized spacial score (nSPS) is 10.3. The summed E-state index contributed by atoms with van der Waals surface area (Å²) in [5.41, 5.74) is 3.05. The summed E-state index contributed by atoms with van der Waals surface area (Å²) >= 11 is 0. The monoisotopic (exact) mass is 327 g/mol. The number of rotatable bonds is 8. The lowest BCUT2D eigenvalue weighted by Gasteiger charge is -2.10. The first kappa shape index (κ1) is 17.9. The smallest absolute Gasteiger partial charge is 0.251 e. The molecule has 0 aromatic heterocycles. The van der Waals surface area contributed by atoms with Gasteiger partial charge in [0.2, 0.25) is 0 Å². The van der Waals surface area contributed by atoms with E-state index in [2.05, 4.69) is 26.1 Å². The zero-order chi connectivity index (χ0) is 17.4. The van der Waals surface area contributed by atoms with Gasteiger partial charge >= 0.3 is 0 Å². The number of benzene rings is 2. The van der Waals surface area contributed by atoms with Crippen molar-refractivity contribution in [3.05, 3.63) is 59.2 Å². The number of aryl methyl sites for hydroxylation is 2. The quantitative estimate of drug-likeness (QED) is 0.748. The highest BCUT2D eigenvalue weighted by molar-refractivity contribution is 5.94. The number of hydrogen-bond donors (Lipinski definition) is 1. The molecule has 2 aromatic rings. The summed E-state index contributed by atoms with van der Waals surface area (Å²) < 4.78 is 11.2. The average Bonchev–Trinajstić information content (AvgIpc) is 2.60. The fourth-order valence-electron chi connectivity index (χ4n) is 2.16. The van der Waals surface area contributed by atoms with Crippen molar-refractivity contribution < 1.29 is 14.3 Å². The SMILES string of the molecule is CCCOc1ccc(C(=O)NCCOc2ccc(C)c(C)c2)cc1. The lowest BCUT2D eigenvalue weighted by Crippen LogP contribution is -2.28. The van der Waals surface area contributed by atoms with Crippen LogP contribution in [0.3, 0.4) is 0 Å². The second-order valence-corrected chi connectivity index (χ2v) is 5.72. The highest BCUT2D eigenvalue weighted by Gasteiger charge is 2.05. The number of nitrogens with one attached hydrogen (secondary N) is 1. The summed E-state index contributed by atoms with van der Waals surface area (Å²) in [5, 5.41) is 2.85. The third kappa shape index (κ3) is 5.30. The molecule has 1 N–H and O–H groups in total. The van der Waals surface area contributed by atoms with Gasteiger partial charge in [0, 0.05) is 5.56 Å². The van der Waals surface area contributed by atoms with E-state index in [-0.39, 0.29) is 5.91 Å². The Morgan fingerprint density at radius 3 is 2.25 bits per heavy atom. The fourth-order valence-corrected chi connectivity index (χ4v) is 2.16. The van der Waals surface area contributed by atoms with Gasteiger partial charge in [-0.15, -0.1) is 0 Å². The second kappa shape index (κ2) is 8.96. The molecule has 0 radical (unpaired) electrons. The van der Waals surface area contributed by atoms with E-state index in [9.17, 15) is 4.79 Å². The van der Waals surface area contributed by atoms with Crippen molar-refractivity contribution in [2.45, 2.75) is 27.2 Å². The Morgan fingerprint density at radius 2 is 1.58 bits per heavy atom. The summed E-state index contributed by atoms with van der Waals surface area (Å²) in [6.45, 7) is 7.75. The maximum atomic E-state index is 12.1. The molecule has 0 saturated carbocycles. The Labute approximate surface area is 143 Å². The molecule has 24 heavy (non-hydrogen) atoms. The molecule has 0 fully saturated rings. The molecule has 4 nitrogen and oxygen atoms in total. The van der Waals surface area contributed by atoms with Gasteiger partial charge in [-0.1, -0.05) is 13.0 Å². The zero-order valence-electron chi connectivity index (χ0n) is 14.6. The predicted molar refractivity (Wildman–Crippen MR) is 96.0 cm³/mol. The molecule has 0 atom stereocenters. The van der Waals surface area contributed by atoms with Crippen LogP contribution < -0.4 is 14.8 Å². The Bertz CT molecular complexity index is 665. The van der Waals surface area contributed by atoms with Crippen molar-refractivity contribution in [1.82, 2.24) is 5.32 Å². The van der Waals surface area contributed by atoms with E-state index < -0.39 is 0 Å². The van der Waals surface area contributed by atoms with Gasteiger partial charge < -0.3 is 14.8 Å². The lowest BCUT2D eigenvalue weighted by atomic mass is 10.1. The summed E-state index contributed by atoms with van der Waals surface area (Å²) in [5.74, 6) is 1.50. The molecule has 1 amide bonds. The van der Waals surface area contributed by atoms with E-state index in [1.54, 1.807) is 12.1 Å². The number of carbonyl (C=O) groups excluding carboxylic acids is 1. The Hall–Kier alpha value is -2.49. The Morgan fingerprint density at radius 1 is 0.917 bits per heavy atom. The maximum absolute atomic E-state index is 12.1. The van der Waals surface area contributed by atoms with Gasteiger partial charge in [-0.3, -0.25) is 4.79 Å². The van der Waals surface area contributed by atoms with Crippen LogP contribution in [0.5, 0.6) is 11.5 Å². The van der Waals surface area contributed by atoms with Crippen LogP contribution in [0, 0.1) is 13.8 Å². The molecule has 0 aliphatic carbocycles. The minimum atomic E-state index is -0.110. The van der Waals surface area contributed by atoms with Gasteiger partial charge in [0.25, 0.3) is 5.91 Å². The molecule has 0 spiro atoms. The molecule has 2 aromatic carbocycles. The minimum absolute atomic E-state index is 0.110. The van der Waals surface area contributed by atoms with Crippen molar-refractivity contribution in [3.63, 3.8) is 0 Å². The molecule has 4 heteroatoms. The number of hydrogen-bond acceptors (Lipinski definition) is 3. The van der Waals surface area contributed by atoms with Crippen LogP contribution in [0.15, 0.2) is 42.5 Å². The van der Waals surface area contributed by atoms with Gasteiger partial charge in [0.1, 0.15) is 18.1 Å². The number of ether oxygens (including phenoxy) is 2. The highest BCUT2D eigenvalue weighted by atomic mass is 16.5. The molecule has 0 aliphatic rings. The van der Waals surface area contributed by atoms with Crippen molar-refractivity contribution in [2.24, 2.45) is 0 Å². The summed E-state index contributed by atoms with van der Waals surface area (Å²) in [6.07, 6.45) is 0.961. The van der Waals surface area contributed by atoms with Crippen LogP contribution in [-0.2, 0) is 0 Å². The van der Waals surface area contributed by atoms with Crippen LogP contribution >= 0.6 is 0 Å². The molecule has 2 rings (SSSR count). The first-order valence-electron chi connectivity index (χ1n) is 8.31. The van der Waals surface area contributed by atoms with Crippen molar-refractivity contribution in [1.29, 1.82) is 0 Å². The van der Waals surface area contributed by atoms with Gasteiger partial charge in [-0.2, -0.15) is 0 Å². The van der Waals surface area contributed by atoms with E-state index in [4.69, 9.17) is 9.47 Å². The molecule has 0 heterocycles. The van der Waals surface area contributed by atoms with Gasteiger partial charge in [-0.25, -0.2) is 0 Å². The van der Waals surface area contributed by atoms with E-state index in [0.717, 1.165) is 17.9 Å². The van der Waals surface area contributed by atoms with E-state index in [1.165, 1.54) is 11.1 Å². The van der Waals surface area contributed by atoms with Crippen LogP contribution in [0.2, 0.25) is 0 Å². The molecule has 0 saturated heterocycles. The van der Waals surface area contributed by atoms with E-state index in [1.807, 2.05) is 30.3 Å². The largest absolute Gasteiger partial charge is 0.494 e. The van der Waals surface area contributed by atoms with Gasteiger partial charge in [0.15, 0.2) is 0 Å². The number of carbonyl (C=O) groups is 1. The van der Waals surface area contributed by atoms with Gasteiger partial charge in [0.05, 0.1) is 13.2 Å². The second-order valence-electron chi connectivity index (χ2n) is 5.72. The summed E-state index contributed by atoms with van der Waals surface area (Å²) in [4.78, 5) is 12.1. The van der Waals surface area contributed by atoms with E-state index >= 15 is 0 Å². The van der Waals surface area contributed by atoms with Crippen LogP contribution in [-0.4, -0.2) is 25.7 Å². The summed E-state index contributed by atoms with van der Waals surface area (Å²) in [7, 11) is 0. The predicted octanol–water partition coefficient (Wildman–Crippen LogP) is 3.90. The molecule has 0 bridgehead atoms. The summed E-state index contributed by atoms with van der Waals surface area (Å²) in [6, 6.07) is 13.2. The van der Waals surface area contributed by atoms with Crippen molar-refractivity contribution in [2.75, 3.05) is 19.8 Å². The zero-order valence-corrected chi connectivity index (χ0v) is 14.6. The first-order valence-corrected chi connectivity index (χ1v) is 8.31. The average molecular weight is 327 g/mol. The molecule has 128 valence electrons. The maximum Gasteiger partial charge on any atom is 0.251 e. The van der Waals surface area contributed by atoms with E-state index in [0.29, 0.717) is 25.3 Å². The van der Waals surface area contributed by atoms with Crippen LogP contribution in [0.25, 0.3) is 0 Å². The molecule has 0 aliphatic heterocycles. The Balaban J connectivity index is 1.75. The third-order valence-corrected chi connectivity index (χ3v) is 3.72. The molecule has 0 unspecified atom stereocenters. The van der Waals surface area contributed by atoms with Crippen molar-refractivity contribution in [3.8, 4) is 11.5 Å². The van der Waals surface area contributed by atoms with Crippen LogP contribution in [0.1, 0.15) is 34.8 Å². The fraction of sp³-hybridized carbons (Fsp3) is 0.350. The third-order valence-electron chi connectivity index (χ3n) is 3.72. The lowest BCUT2D eigenvalue weighted by molar-refractivity contribution is 0.0947. The standard InChI is InChI=1S/C20H25NO3/c1-4-12-23-18-9-6-17(7-10-18)20(22)21-11-13-24-19-8-5-15(2)16(3)14-19/h5-10,14H,4,11-13H2,1-3H3,(H,21,22). The highest BCUT2D eigenvalue weighted by Crippen LogP contribution is 2.16. The number of amides is 1. The first-order chi connectivity index (χ1) is 11.6. The molecular formula is C20H25NO3. The van der Waals surface area contributed by atoms with Crippen LogP contribution in [0.4, 0.5) is 0 Å². The minimum Gasteiger partial charge on any atom is -0.494 e. The Kier molecular flexibility index (Phi) is 6.67.